The molecule has 0 atom stereocenters. The van der Waals surface area contributed by atoms with Gasteiger partial charge in [0.25, 0.3) is 0 Å². The third-order valence-corrected chi connectivity index (χ3v) is 7.13. The fourth-order valence-electron chi connectivity index (χ4n) is 5.37. The van der Waals surface area contributed by atoms with Crippen LogP contribution in [0.2, 0.25) is 0 Å². The molecule has 5 rings (SSSR count). The summed E-state index contributed by atoms with van der Waals surface area (Å²) in [5.74, 6) is 1.80. The van der Waals surface area contributed by atoms with Crippen LogP contribution in [0.4, 0.5) is 22.7 Å². The minimum Gasteiger partial charge on any atom is -0.497 e. The normalized spacial score (nSPS) is 15.2. The zero-order chi connectivity index (χ0) is 24.0. The van der Waals surface area contributed by atoms with Gasteiger partial charge in [-0.15, -0.1) is 0 Å². The summed E-state index contributed by atoms with van der Waals surface area (Å²) in [6.07, 6.45) is 0. The van der Waals surface area contributed by atoms with Crippen molar-refractivity contribution in [3.8, 4) is 11.5 Å². The summed E-state index contributed by atoms with van der Waals surface area (Å²) >= 11 is 0. The first-order valence-corrected chi connectivity index (χ1v) is 11.7. The number of hydrogen-bond donors (Lipinski definition) is 0. The van der Waals surface area contributed by atoms with Crippen LogP contribution in [-0.4, -0.2) is 42.4 Å². The van der Waals surface area contributed by atoms with Gasteiger partial charge >= 0.3 is 0 Å². The van der Waals surface area contributed by atoms with Crippen molar-refractivity contribution in [2.24, 2.45) is 0 Å². The quantitative estimate of drug-likeness (QED) is 0.544. The Bertz CT molecular complexity index is 1130. The van der Waals surface area contributed by atoms with Crippen LogP contribution < -0.4 is 29.1 Å². The summed E-state index contributed by atoms with van der Waals surface area (Å²) in [7, 11) is 12.2. The first-order chi connectivity index (χ1) is 16.4. The number of nitrogens with zero attached hydrogens (tertiary/aromatic N) is 4. The number of hydrogen-bond acceptors (Lipinski definition) is 6. The summed E-state index contributed by atoms with van der Waals surface area (Å²) in [6, 6.07) is 17.6. The smallest absolute Gasteiger partial charge is 0.119 e. The highest BCUT2D eigenvalue weighted by atomic mass is 16.5. The lowest BCUT2D eigenvalue weighted by atomic mass is 9.99. The lowest BCUT2D eigenvalue weighted by molar-refractivity contribution is 0.414. The molecule has 0 saturated carbocycles. The SMILES string of the molecule is COc1ccc2c(c1)CN(C)c1cc3c(cc1CN2C)N(C)Cc1cc(OC)ccc1N(C)C3. The number of anilines is 4. The number of benzene rings is 3. The molecule has 6 heteroatoms. The molecule has 0 spiro atoms. The molecule has 6 nitrogen and oxygen atoms in total. The fourth-order valence-corrected chi connectivity index (χ4v) is 5.37. The van der Waals surface area contributed by atoms with Crippen molar-refractivity contribution in [3.05, 3.63) is 70.8 Å². The molecule has 178 valence electrons. The molecule has 2 aliphatic heterocycles. The third-order valence-electron chi connectivity index (χ3n) is 7.13. The van der Waals surface area contributed by atoms with Crippen LogP contribution in [0.25, 0.3) is 0 Å². The van der Waals surface area contributed by atoms with Crippen LogP contribution in [0.3, 0.4) is 0 Å². The monoisotopic (exact) mass is 458 g/mol. The molecule has 2 aliphatic rings. The van der Waals surface area contributed by atoms with Gasteiger partial charge in [-0.1, -0.05) is 0 Å². The second kappa shape index (κ2) is 8.67. The van der Waals surface area contributed by atoms with Gasteiger partial charge in [0.2, 0.25) is 0 Å². The van der Waals surface area contributed by atoms with Crippen molar-refractivity contribution in [2.75, 3.05) is 62.0 Å². The highest BCUT2D eigenvalue weighted by Crippen LogP contribution is 2.39. The molecule has 0 N–H and O–H groups in total. The van der Waals surface area contributed by atoms with E-state index in [-0.39, 0.29) is 0 Å². The van der Waals surface area contributed by atoms with Crippen LogP contribution in [0.15, 0.2) is 48.5 Å². The predicted octanol–water partition coefficient (Wildman–Crippen LogP) is 4.88. The van der Waals surface area contributed by atoms with E-state index in [4.69, 9.17) is 9.47 Å². The summed E-state index contributed by atoms with van der Waals surface area (Å²) in [5.41, 5.74) is 10.3. The van der Waals surface area contributed by atoms with Gasteiger partial charge in [-0.25, -0.2) is 0 Å². The largest absolute Gasteiger partial charge is 0.497 e. The Balaban J connectivity index is 1.56. The van der Waals surface area contributed by atoms with Gasteiger partial charge in [0.05, 0.1) is 14.2 Å². The van der Waals surface area contributed by atoms with E-state index in [9.17, 15) is 0 Å². The molecule has 2 heterocycles. The van der Waals surface area contributed by atoms with Crippen LogP contribution in [-0.2, 0) is 26.2 Å². The molecule has 0 aliphatic carbocycles. The molecule has 0 saturated heterocycles. The molecule has 3 aromatic carbocycles. The minimum atomic E-state index is 0.830. The topological polar surface area (TPSA) is 31.4 Å². The Morgan fingerprint density at radius 2 is 0.794 bits per heavy atom. The maximum atomic E-state index is 5.50. The van der Waals surface area contributed by atoms with E-state index in [1.54, 1.807) is 14.2 Å². The van der Waals surface area contributed by atoms with Crippen LogP contribution in [0.5, 0.6) is 11.5 Å². The lowest BCUT2D eigenvalue weighted by Gasteiger charge is -2.36. The Kier molecular flexibility index (Phi) is 5.68. The van der Waals surface area contributed by atoms with E-state index >= 15 is 0 Å². The Hall–Kier alpha value is -3.54. The lowest BCUT2D eigenvalue weighted by Crippen LogP contribution is -2.30. The number of fused-ring (bicyclic) bond motifs is 4. The summed E-state index contributed by atoms with van der Waals surface area (Å²) in [4.78, 5) is 9.45. The molecule has 0 bridgehead atoms. The van der Waals surface area contributed by atoms with E-state index in [1.165, 1.54) is 45.0 Å². The Morgan fingerprint density at radius 3 is 1.15 bits per heavy atom. The van der Waals surface area contributed by atoms with Crippen molar-refractivity contribution in [3.63, 3.8) is 0 Å². The number of methoxy groups -OCH3 is 2. The molecular weight excluding hydrogens is 424 g/mol. The van der Waals surface area contributed by atoms with Crippen LogP contribution in [0, 0.1) is 0 Å². The van der Waals surface area contributed by atoms with E-state index in [0.717, 1.165) is 37.7 Å². The van der Waals surface area contributed by atoms with Crippen LogP contribution in [0.1, 0.15) is 22.3 Å². The zero-order valence-electron chi connectivity index (χ0n) is 21.1. The second-order valence-corrected chi connectivity index (χ2v) is 9.52. The molecule has 0 unspecified atom stereocenters. The average Bonchev–Trinajstić information content (AvgIpc) is 2.82. The minimum absolute atomic E-state index is 0.830. The molecule has 0 fully saturated rings. The van der Waals surface area contributed by atoms with Crippen molar-refractivity contribution >= 4 is 22.7 Å². The molecule has 0 aromatic heterocycles. The standard InChI is InChI=1S/C28H34N4O2/c1-29-17-21-13-28-22(14-27(21)31(3)15-19-11-23(33-5)7-9-25(19)29)18-30(2)26-10-8-24(34-6)12-20(26)16-32(28)4/h7-14H,15-18H2,1-6H3. The van der Waals surface area contributed by atoms with Gasteiger partial charge in [0.1, 0.15) is 11.5 Å². The first kappa shape index (κ1) is 22.3. The van der Waals surface area contributed by atoms with Gasteiger partial charge < -0.3 is 29.1 Å². The number of rotatable bonds is 2. The molecular formula is C28H34N4O2. The summed E-state index contributed by atoms with van der Waals surface area (Å²) in [5, 5.41) is 0. The highest BCUT2D eigenvalue weighted by molar-refractivity contribution is 5.71. The van der Waals surface area contributed by atoms with Gasteiger partial charge in [0.15, 0.2) is 0 Å². The molecule has 0 amide bonds. The van der Waals surface area contributed by atoms with E-state index in [1.807, 2.05) is 12.1 Å². The molecule has 34 heavy (non-hydrogen) atoms. The van der Waals surface area contributed by atoms with Gasteiger partial charge in [-0.2, -0.15) is 0 Å². The van der Waals surface area contributed by atoms with Gasteiger partial charge in [-0.3, -0.25) is 0 Å². The maximum absolute atomic E-state index is 5.50. The van der Waals surface area contributed by atoms with Crippen molar-refractivity contribution in [1.29, 1.82) is 0 Å². The average molecular weight is 459 g/mol. The van der Waals surface area contributed by atoms with E-state index in [0.29, 0.717) is 0 Å². The van der Waals surface area contributed by atoms with E-state index < -0.39 is 0 Å². The Morgan fingerprint density at radius 1 is 0.471 bits per heavy atom. The first-order valence-electron chi connectivity index (χ1n) is 11.7. The van der Waals surface area contributed by atoms with Crippen molar-refractivity contribution < 1.29 is 9.47 Å². The van der Waals surface area contributed by atoms with Crippen LogP contribution >= 0.6 is 0 Å². The van der Waals surface area contributed by atoms with Crippen molar-refractivity contribution in [2.45, 2.75) is 26.2 Å². The summed E-state index contributed by atoms with van der Waals surface area (Å²) < 4.78 is 11.0. The number of ether oxygens (including phenoxy) is 2. The van der Waals surface area contributed by atoms with Crippen molar-refractivity contribution in [1.82, 2.24) is 0 Å². The highest BCUT2D eigenvalue weighted by Gasteiger charge is 2.24. The second-order valence-electron chi connectivity index (χ2n) is 9.52. The molecule has 3 aromatic rings. The fraction of sp³-hybridized carbons (Fsp3) is 0.357. The third kappa shape index (κ3) is 3.87. The van der Waals surface area contributed by atoms with Gasteiger partial charge in [-0.05, 0) is 70.8 Å². The zero-order valence-corrected chi connectivity index (χ0v) is 21.1. The Labute approximate surface area is 202 Å². The molecule has 0 radical (unpaired) electrons. The summed E-state index contributed by atoms with van der Waals surface area (Å²) in [6.45, 7) is 3.36. The van der Waals surface area contributed by atoms with Gasteiger partial charge in [0, 0.05) is 77.1 Å². The predicted molar refractivity (Wildman–Crippen MR) is 141 cm³/mol. The maximum Gasteiger partial charge on any atom is 0.119 e. The van der Waals surface area contributed by atoms with E-state index in [2.05, 4.69) is 84.2 Å².